The molecule has 0 aromatic carbocycles. The summed E-state index contributed by atoms with van der Waals surface area (Å²) in [5.41, 5.74) is 2.96. The fraction of sp³-hybridized carbons (Fsp3) is 0.647. The molecule has 4 nitrogen and oxygen atoms in total. The molecule has 2 aliphatic rings. The Balaban J connectivity index is 1.80. The lowest BCUT2D eigenvalue weighted by molar-refractivity contribution is 0.192. The number of ether oxygens (including phenoxy) is 1. The molecule has 0 N–H and O–H groups in total. The minimum atomic E-state index is 0.154. The van der Waals surface area contributed by atoms with Gasteiger partial charge in [0, 0.05) is 24.7 Å². The van der Waals surface area contributed by atoms with Crippen LogP contribution in [0.15, 0.2) is 6.07 Å². The van der Waals surface area contributed by atoms with Crippen molar-refractivity contribution in [1.29, 1.82) is 5.26 Å². The van der Waals surface area contributed by atoms with Crippen molar-refractivity contribution in [2.45, 2.75) is 58.1 Å². The molecule has 0 bridgehead atoms. The predicted molar refractivity (Wildman–Crippen MR) is 81.3 cm³/mol. The maximum Gasteiger partial charge on any atom is 0.232 e. The molecule has 112 valence electrons. The van der Waals surface area contributed by atoms with Gasteiger partial charge in [-0.1, -0.05) is 6.92 Å². The molecule has 4 heteroatoms. The summed E-state index contributed by atoms with van der Waals surface area (Å²) in [5.74, 6) is 0.549. The lowest BCUT2D eigenvalue weighted by atomic mass is 9.95. The maximum absolute atomic E-state index is 9.36. The Hall–Kier alpha value is -1.60. The van der Waals surface area contributed by atoms with Crippen LogP contribution in [0.4, 0.5) is 0 Å². The third-order valence-corrected chi connectivity index (χ3v) is 4.74. The van der Waals surface area contributed by atoms with E-state index in [2.05, 4.69) is 29.8 Å². The van der Waals surface area contributed by atoms with E-state index in [1.807, 2.05) is 6.07 Å². The van der Waals surface area contributed by atoms with Gasteiger partial charge in [0.05, 0.1) is 0 Å². The molecule has 1 aliphatic carbocycles. The van der Waals surface area contributed by atoms with Crippen LogP contribution in [0, 0.1) is 11.3 Å². The molecule has 1 aromatic rings. The lowest BCUT2D eigenvalue weighted by Gasteiger charge is -2.19. The first-order chi connectivity index (χ1) is 10.2. The summed E-state index contributed by atoms with van der Waals surface area (Å²) in [4.78, 5) is 7.07. The number of hydrogen-bond donors (Lipinski definition) is 0. The SMILES string of the molecule is CCN1CC(Oc2nc3c(cc2C#N)CCCC3)CC1C. The van der Waals surface area contributed by atoms with Crippen LogP contribution >= 0.6 is 0 Å². The van der Waals surface area contributed by atoms with E-state index in [-0.39, 0.29) is 6.10 Å². The van der Waals surface area contributed by atoms with Crippen molar-refractivity contribution >= 4 is 0 Å². The van der Waals surface area contributed by atoms with Crippen LogP contribution in [0.3, 0.4) is 0 Å². The molecule has 1 saturated heterocycles. The summed E-state index contributed by atoms with van der Waals surface area (Å²) >= 11 is 0. The van der Waals surface area contributed by atoms with E-state index >= 15 is 0 Å². The number of rotatable bonds is 3. The van der Waals surface area contributed by atoms with Gasteiger partial charge < -0.3 is 4.74 Å². The Morgan fingerprint density at radius 1 is 1.43 bits per heavy atom. The Kier molecular flexibility index (Phi) is 4.12. The first-order valence-corrected chi connectivity index (χ1v) is 8.04. The van der Waals surface area contributed by atoms with Gasteiger partial charge in [-0.05, 0) is 50.8 Å². The average molecular weight is 285 g/mol. The Morgan fingerprint density at radius 2 is 2.24 bits per heavy atom. The molecule has 1 aliphatic heterocycles. The van der Waals surface area contributed by atoms with Gasteiger partial charge in [0.1, 0.15) is 17.7 Å². The van der Waals surface area contributed by atoms with Crippen LogP contribution in [0.25, 0.3) is 0 Å². The number of aromatic nitrogens is 1. The minimum Gasteiger partial charge on any atom is -0.472 e. The zero-order valence-electron chi connectivity index (χ0n) is 12.9. The van der Waals surface area contributed by atoms with Crippen LogP contribution in [-0.4, -0.2) is 35.1 Å². The zero-order chi connectivity index (χ0) is 14.8. The summed E-state index contributed by atoms with van der Waals surface area (Å²) in [5, 5.41) is 9.36. The number of nitrogens with zero attached hydrogens (tertiary/aromatic N) is 3. The third-order valence-electron chi connectivity index (χ3n) is 4.74. The fourth-order valence-corrected chi connectivity index (χ4v) is 3.51. The Bertz CT molecular complexity index is 564. The molecular weight excluding hydrogens is 262 g/mol. The highest BCUT2D eigenvalue weighted by molar-refractivity contribution is 5.43. The summed E-state index contributed by atoms with van der Waals surface area (Å²) < 4.78 is 6.09. The largest absolute Gasteiger partial charge is 0.472 e. The molecular formula is C17H23N3O. The Morgan fingerprint density at radius 3 is 2.95 bits per heavy atom. The molecule has 1 fully saturated rings. The summed E-state index contributed by atoms with van der Waals surface area (Å²) in [7, 11) is 0. The zero-order valence-corrected chi connectivity index (χ0v) is 12.9. The van der Waals surface area contributed by atoms with Crippen molar-refractivity contribution < 1.29 is 4.74 Å². The summed E-state index contributed by atoms with van der Waals surface area (Å²) in [6, 6.07) is 4.79. The second-order valence-electron chi connectivity index (χ2n) is 6.18. The molecule has 2 atom stereocenters. The van der Waals surface area contributed by atoms with Crippen molar-refractivity contribution in [2.75, 3.05) is 13.1 Å². The first-order valence-electron chi connectivity index (χ1n) is 8.04. The molecule has 2 heterocycles. The van der Waals surface area contributed by atoms with E-state index in [1.165, 1.54) is 18.4 Å². The van der Waals surface area contributed by atoms with Crippen molar-refractivity contribution in [3.05, 3.63) is 22.9 Å². The van der Waals surface area contributed by atoms with Crippen molar-refractivity contribution in [1.82, 2.24) is 9.88 Å². The number of hydrogen-bond acceptors (Lipinski definition) is 4. The number of nitriles is 1. The predicted octanol–water partition coefficient (Wildman–Crippen LogP) is 2.69. The van der Waals surface area contributed by atoms with Crippen LogP contribution in [0.1, 0.15) is 49.9 Å². The van der Waals surface area contributed by atoms with Gasteiger partial charge >= 0.3 is 0 Å². The highest BCUT2D eigenvalue weighted by Crippen LogP contribution is 2.28. The van der Waals surface area contributed by atoms with Crippen LogP contribution in [0.5, 0.6) is 5.88 Å². The highest BCUT2D eigenvalue weighted by Gasteiger charge is 2.30. The summed E-state index contributed by atoms with van der Waals surface area (Å²) in [6.07, 6.45) is 5.61. The van der Waals surface area contributed by atoms with Gasteiger partial charge in [0.25, 0.3) is 0 Å². The van der Waals surface area contributed by atoms with Crippen molar-refractivity contribution in [2.24, 2.45) is 0 Å². The van der Waals surface area contributed by atoms with Gasteiger partial charge in [-0.15, -0.1) is 0 Å². The van der Waals surface area contributed by atoms with E-state index in [9.17, 15) is 5.26 Å². The van der Waals surface area contributed by atoms with Gasteiger partial charge in [-0.3, -0.25) is 4.90 Å². The first kappa shape index (κ1) is 14.3. The molecule has 0 amide bonds. The third kappa shape index (κ3) is 2.89. The normalized spacial score (nSPS) is 25.4. The van der Waals surface area contributed by atoms with Crippen LogP contribution in [0.2, 0.25) is 0 Å². The van der Waals surface area contributed by atoms with E-state index < -0.39 is 0 Å². The number of likely N-dealkylation sites (tertiary alicyclic amines) is 1. The number of aryl methyl sites for hydroxylation is 2. The second kappa shape index (κ2) is 6.03. The van der Waals surface area contributed by atoms with E-state index in [4.69, 9.17) is 4.74 Å². The molecule has 1 aromatic heterocycles. The smallest absolute Gasteiger partial charge is 0.232 e. The lowest BCUT2D eigenvalue weighted by Crippen LogP contribution is -2.28. The Labute approximate surface area is 126 Å². The van der Waals surface area contributed by atoms with Gasteiger partial charge in [-0.2, -0.15) is 5.26 Å². The molecule has 0 radical (unpaired) electrons. The minimum absolute atomic E-state index is 0.154. The van der Waals surface area contributed by atoms with Crippen LogP contribution < -0.4 is 4.74 Å². The van der Waals surface area contributed by atoms with Gasteiger partial charge in [-0.25, -0.2) is 4.98 Å². The van der Waals surface area contributed by atoms with Crippen LogP contribution in [-0.2, 0) is 12.8 Å². The number of likely N-dealkylation sites (N-methyl/N-ethyl adjacent to an activating group) is 1. The molecule has 2 unspecified atom stereocenters. The number of pyridine rings is 1. The topological polar surface area (TPSA) is 49.1 Å². The van der Waals surface area contributed by atoms with Crippen molar-refractivity contribution in [3.63, 3.8) is 0 Å². The quantitative estimate of drug-likeness (QED) is 0.856. The fourth-order valence-electron chi connectivity index (χ4n) is 3.51. The molecule has 0 spiro atoms. The van der Waals surface area contributed by atoms with Gasteiger partial charge in [0.15, 0.2) is 0 Å². The number of fused-ring (bicyclic) bond motifs is 1. The molecule has 3 rings (SSSR count). The maximum atomic E-state index is 9.36. The average Bonchev–Trinajstić information content (AvgIpc) is 2.86. The summed E-state index contributed by atoms with van der Waals surface area (Å²) in [6.45, 7) is 6.39. The van der Waals surface area contributed by atoms with Gasteiger partial charge in [0.2, 0.25) is 5.88 Å². The van der Waals surface area contributed by atoms with E-state index in [0.29, 0.717) is 17.5 Å². The molecule has 21 heavy (non-hydrogen) atoms. The highest BCUT2D eigenvalue weighted by atomic mass is 16.5. The monoisotopic (exact) mass is 285 g/mol. The second-order valence-corrected chi connectivity index (χ2v) is 6.18. The molecule has 0 saturated carbocycles. The van der Waals surface area contributed by atoms with Crippen molar-refractivity contribution in [3.8, 4) is 11.9 Å². The van der Waals surface area contributed by atoms with E-state index in [1.54, 1.807) is 0 Å². The standard InChI is InChI=1S/C17H23N3O/c1-3-20-11-15(8-12(20)2)21-17-14(10-18)9-13-6-4-5-7-16(13)19-17/h9,12,15H,3-8,11H2,1-2H3. The van der Waals surface area contributed by atoms with E-state index in [0.717, 1.165) is 38.0 Å².